The summed E-state index contributed by atoms with van der Waals surface area (Å²) in [5, 5.41) is 1.16. The smallest absolute Gasteiger partial charge is 0.160 e. The average molecular weight is 376 g/mol. The molecule has 0 aromatic carbocycles. The van der Waals surface area contributed by atoms with Crippen LogP contribution in [0.3, 0.4) is 0 Å². The molecule has 1 saturated heterocycles. The van der Waals surface area contributed by atoms with Crippen LogP contribution in [0.2, 0.25) is 0 Å². The second kappa shape index (κ2) is 6.85. The molecule has 27 heavy (non-hydrogen) atoms. The van der Waals surface area contributed by atoms with Gasteiger partial charge in [-0.2, -0.15) is 0 Å². The number of aliphatic imine (C=N–C) groups is 1. The van der Waals surface area contributed by atoms with Crippen LogP contribution in [0.25, 0.3) is 5.69 Å². The molecule has 0 saturated carbocycles. The highest BCUT2D eigenvalue weighted by molar-refractivity contribution is 8.14. The van der Waals surface area contributed by atoms with Crippen LogP contribution >= 0.6 is 11.8 Å². The number of nitrogens with zero attached hydrogens (tertiary/aromatic N) is 5. The Labute approximate surface area is 163 Å². The van der Waals surface area contributed by atoms with Gasteiger partial charge in [-0.15, -0.1) is 0 Å². The van der Waals surface area contributed by atoms with Crippen molar-refractivity contribution < 1.29 is 0 Å². The first-order valence-corrected chi connectivity index (χ1v) is 10.3. The molecule has 3 aromatic heterocycles. The molecule has 2 aliphatic rings. The topological polar surface area (TPSA) is 46.3 Å². The van der Waals surface area contributed by atoms with E-state index in [0.29, 0.717) is 6.04 Å². The molecule has 3 aromatic rings. The fraction of sp³-hybridized carbons (Fsp3) is 0.286. The number of thioether (sulfide) groups is 1. The van der Waals surface area contributed by atoms with E-state index in [4.69, 9.17) is 4.99 Å². The Morgan fingerprint density at radius 2 is 1.96 bits per heavy atom. The van der Waals surface area contributed by atoms with Crippen molar-refractivity contribution >= 4 is 16.9 Å². The van der Waals surface area contributed by atoms with E-state index in [0.717, 1.165) is 28.7 Å². The van der Waals surface area contributed by atoms with Crippen molar-refractivity contribution in [2.75, 3.05) is 5.75 Å². The van der Waals surface area contributed by atoms with Gasteiger partial charge in [-0.25, -0.2) is 0 Å². The zero-order chi connectivity index (χ0) is 18.2. The number of rotatable bonds is 4. The van der Waals surface area contributed by atoms with Gasteiger partial charge in [-0.05, 0) is 42.8 Å². The van der Waals surface area contributed by atoms with Crippen molar-refractivity contribution in [3.63, 3.8) is 0 Å². The SMILES string of the molecule is CC[C@H]1CSC2=N[C@@H](c3ccccn3)[C@@H](c3cccn3-c3ccncc3)N21. The van der Waals surface area contributed by atoms with Gasteiger partial charge in [0.15, 0.2) is 5.17 Å². The molecular formula is C21H21N5S. The quantitative estimate of drug-likeness (QED) is 0.684. The van der Waals surface area contributed by atoms with Crippen LogP contribution < -0.4 is 0 Å². The molecule has 0 amide bonds. The monoisotopic (exact) mass is 375 g/mol. The van der Waals surface area contributed by atoms with Crippen LogP contribution in [0.1, 0.15) is 36.8 Å². The molecule has 0 aliphatic carbocycles. The minimum atomic E-state index is 0.0125. The van der Waals surface area contributed by atoms with Gasteiger partial charge in [0.25, 0.3) is 0 Å². The minimum absolute atomic E-state index is 0.0125. The Bertz CT molecular complexity index is 953. The van der Waals surface area contributed by atoms with Crippen LogP contribution in [-0.2, 0) is 0 Å². The first-order valence-electron chi connectivity index (χ1n) is 9.34. The van der Waals surface area contributed by atoms with Crippen LogP contribution in [0.15, 0.2) is 72.2 Å². The summed E-state index contributed by atoms with van der Waals surface area (Å²) < 4.78 is 2.26. The van der Waals surface area contributed by atoms with E-state index in [1.165, 1.54) is 5.69 Å². The van der Waals surface area contributed by atoms with E-state index < -0.39 is 0 Å². The Morgan fingerprint density at radius 3 is 2.74 bits per heavy atom. The zero-order valence-corrected chi connectivity index (χ0v) is 16.0. The number of amidine groups is 1. The molecule has 5 heterocycles. The van der Waals surface area contributed by atoms with E-state index in [2.05, 4.69) is 56.8 Å². The summed E-state index contributed by atoms with van der Waals surface area (Å²) in [6.45, 7) is 2.27. The lowest BCUT2D eigenvalue weighted by Gasteiger charge is -2.32. The maximum absolute atomic E-state index is 5.11. The van der Waals surface area contributed by atoms with Gasteiger partial charge in [-0.3, -0.25) is 15.0 Å². The maximum atomic E-state index is 5.11. The zero-order valence-electron chi connectivity index (χ0n) is 15.1. The summed E-state index contributed by atoms with van der Waals surface area (Å²) >= 11 is 1.88. The summed E-state index contributed by atoms with van der Waals surface area (Å²) in [4.78, 5) is 16.4. The van der Waals surface area contributed by atoms with E-state index in [9.17, 15) is 0 Å². The van der Waals surface area contributed by atoms with Crippen LogP contribution in [0.5, 0.6) is 0 Å². The fourth-order valence-corrected chi connectivity index (χ4v) is 5.38. The third-order valence-corrected chi connectivity index (χ3v) is 6.48. The number of pyridine rings is 2. The van der Waals surface area contributed by atoms with Crippen molar-refractivity contribution in [2.45, 2.75) is 31.5 Å². The molecule has 0 bridgehead atoms. The van der Waals surface area contributed by atoms with E-state index in [1.54, 1.807) is 0 Å². The minimum Gasteiger partial charge on any atom is -0.337 e. The van der Waals surface area contributed by atoms with E-state index >= 15 is 0 Å². The number of hydrogen-bond acceptors (Lipinski definition) is 5. The van der Waals surface area contributed by atoms with E-state index in [-0.39, 0.29) is 12.1 Å². The second-order valence-corrected chi connectivity index (χ2v) is 7.83. The lowest BCUT2D eigenvalue weighted by atomic mass is 9.99. The van der Waals surface area contributed by atoms with Gasteiger partial charge in [0.05, 0.1) is 5.69 Å². The van der Waals surface area contributed by atoms with Gasteiger partial charge in [-0.1, -0.05) is 24.8 Å². The first kappa shape index (κ1) is 16.6. The Morgan fingerprint density at radius 1 is 1.07 bits per heavy atom. The normalized spacial score (nSPS) is 24.1. The number of hydrogen-bond donors (Lipinski definition) is 0. The molecule has 136 valence electrons. The predicted molar refractivity (Wildman–Crippen MR) is 109 cm³/mol. The first-order chi connectivity index (χ1) is 13.4. The van der Waals surface area contributed by atoms with Crippen molar-refractivity contribution in [3.8, 4) is 5.69 Å². The molecule has 0 unspecified atom stereocenters. The van der Waals surface area contributed by atoms with Crippen molar-refractivity contribution in [1.82, 2.24) is 19.4 Å². The third-order valence-electron chi connectivity index (χ3n) is 5.35. The van der Waals surface area contributed by atoms with Gasteiger partial charge < -0.3 is 9.47 Å². The van der Waals surface area contributed by atoms with E-state index in [1.807, 2.05) is 48.6 Å². The van der Waals surface area contributed by atoms with Crippen LogP contribution in [-0.4, -0.2) is 36.4 Å². The molecule has 0 radical (unpaired) electrons. The molecule has 5 nitrogen and oxygen atoms in total. The lowest BCUT2D eigenvalue weighted by molar-refractivity contribution is 0.249. The second-order valence-electron chi connectivity index (χ2n) is 6.84. The summed E-state index contributed by atoms with van der Waals surface area (Å²) in [5.41, 5.74) is 3.40. The Balaban J connectivity index is 1.63. The van der Waals surface area contributed by atoms with Crippen LogP contribution in [0, 0.1) is 0 Å². The largest absolute Gasteiger partial charge is 0.337 e. The fourth-order valence-electron chi connectivity index (χ4n) is 4.05. The van der Waals surface area contributed by atoms with Crippen molar-refractivity contribution in [2.24, 2.45) is 4.99 Å². The molecule has 0 N–H and O–H groups in total. The summed E-state index contributed by atoms with van der Waals surface area (Å²) in [7, 11) is 0. The predicted octanol–water partition coefficient (Wildman–Crippen LogP) is 4.25. The average Bonchev–Trinajstić information content (AvgIpc) is 3.44. The summed E-state index contributed by atoms with van der Waals surface area (Å²) in [6.07, 6.45) is 8.79. The van der Waals surface area contributed by atoms with Gasteiger partial charge in [0, 0.05) is 48.0 Å². The van der Waals surface area contributed by atoms with Gasteiger partial charge in [0.2, 0.25) is 0 Å². The highest BCUT2D eigenvalue weighted by atomic mass is 32.2. The third kappa shape index (κ3) is 2.75. The lowest BCUT2D eigenvalue weighted by Crippen LogP contribution is -2.36. The standard InChI is InChI=1S/C21H21N5S/c1-2-15-14-27-21-24-19(17-6-3-4-10-23-17)20(26(15)21)18-7-5-13-25(18)16-8-11-22-12-9-16/h3-13,15,19-20H,2,14H2,1H3/t15-,19-,20+/m0/s1. The molecule has 6 heteroatoms. The molecule has 3 atom stereocenters. The molecule has 2 aliphatic heterocycles. The Hall–Kier alpha value is -2.60. The highest BCUT2D eigenvalue weighted by Crippen LogP contribution is 2.48. The molecule has 1 fully saturated rings. The van der Waals surface area contributed by atoms with Gasteiger partial charge in [0.1, 0.15) is 12.1 Å². The number of aromatic nitrogens is 3. The molecule has 5 rings (SSSR count). The maximum Gasteiger partial charge on any atom is 0.160 e. The summed E-state index contributed by atoms with van der Waals surface area (Å²) in [5.74, 6) is 1.11. The van der Waals surface area contributed by atoms with Crippen LogP contribution in [0.4, 0.5) is 0 Å². The Kier molecular flexibility index (Phi) is 4.20. The van der Waals surface area contributed by atoms with Crippen molar-refractivity contribution in [1.29, 1.82) is 0 Å². The van der Waals surface area contributed by atoms with Crippen molar-refractivity contribution in [3.05, 3.63) is 78.6 Å². The highest BCUT2D eigenvalue weighted by Gasteiger charge is 2.46. The number of fused-ring (bicyclic) bond motifs is 1. The summed E-state index contributed by atoms with van der Waals surface area (Å²) in [6, 6.07) is 15.2. The van der Waals surface area contributed by atoms with Gasteiger partial charge >= 0.3 is 0 Å². The molecule has 0 spiro atoms. The molecular weight excluding hydrogens is 354 g/mol.